The van der Waals surface area contributed by atoms with Crippen LogP contribution in [-0.4, -0.2) is 22.1 Å². The fourth-order valence-corrected chi connectivity index (χ4v) is 2.74. The van der Waals surface area contributed by atoms with Crippen LogP contribution in [0.1, 0.15) is 15.9 Å². The average Bonchev–Trinajstić information content (AvgIpc) is 3.13. The number of carbonyl (C=O) groups is 1. The maximum atomic E-state index is 13.7. The molecule has 0 aliphatic heterocycles. The molecule has 0 bridgehead atoms. The van der Waals surface area contributed by atoms with Crippen molar-refractivity contribution in [2.75, 3.05) is 11.9 Å². The minimum atomic E-state index is -0.471. The number of nitrogens with one attached hydrogen (secondary N) is 1. The van der Waals surface area contributed by atoms with Crippen LogP contribution in [0.4, 0.5) is 10.1 Å². The number of aromatic nitrogens is 2. The highest BCUT2D eigenvalue weighted by atomic mass is 35.5. The van der Waals surface area contributed by atoms with Crippen molar-refractivity contribution in [3.8, 4) is 5.75 Å². The molecule has 0 radical (unpaired) electrons. The van der Waals surface area contributed by atoms with Gasteiger partial charge in [0.1, 0.15) is 18.2 Å². The number of amides is 1. The Labute approximate surface area is 155 Å². The third-order valence-electron chi connectivity index (χ3n) is 3.86. The number of benzene rings is 2. The van der Waals surface area contributed by atoms with E-state index in [1.807, 2.05) is 10.8 Å². The summed E-state index contributed by atoms with van der Waals surface area (Å²) in [5.41, 5.74) is 0.915. The summed E-state index contributed by atoms with van der Waals surface area (Å²) < 4.78 is 21.2. The van der Waals surface area contributed by atoms with Gasteiger partial charge in [0.15, 0.2) is 0 Å². The lowest BCUT2D eigenvalue weighted by Gasteiger charge is -2.11. The van der Waals surface area contributed by atoms with Crippen LogP contribution in [0.15, 0.2) is 55.1 Å². The summed E-state index contributed by atoms with van der Waals surface area (Å²) in [6.07, 6.45) is 5.30. The van der Waals surface area contributed by atoms with Gasteiger partial charge >= 0.3 is 0 Å². The van der Waals surface area contributed by atoms with E-state index in [4.69, 9.17) is 16.3 Å². The SMILES string of the molecule is Cc1c(F)ccc(Cl)c1C(=O)Nc1ccc(OCCn2ccnc2)cc1. The number of ether oxygens (including phenoxy) is 1. The molecule has 1 N–H and O–H groups in total. The van der Waals surface area contributed by atoms with Gasteiger partial charge < -0.3 is 14.6 Å². The van der Waals surface area contributed by atoms with E-state index in [2.05, 4.69) is 10.3 Å². The van der Waals surface area contributed by atoms with Gasteiger partial charge in [-0.25, -0.2) is 9.37 Å². The largest absolute Gasteiger partial charge is 0.492 e. The van der Waals surface area contributed by atoms with Crippen LogP contribution >= 0.6 is 11.6 Å². The number of halogens is 2. The molecule has 0 aliphatic carbocycles. The number of nitrogens with zero attached hydrogens (tertiary/aromatic N) is 2. The smallest absolute Gasteiger partial charge is 0.257 e. The molecular weight excluding hydrogens is 357 g/mol. The molecule has 7 heteroatoms. The molecule has 0 aliphatic rings. The third-order valence-corrected chi connectivity index (χ3v) is 4.18. The van der Waals surface area contributed by atoms with Crippen molar-refractivity contribution in [3.05, 3.63) is 77.1 Å². The van der Waals surface area contributed by atoms with Gasteiger partial charge in [0.25, 0.3) is 5.91 Å². The highest BCUT2D eigenvalue weighted by molar-refractivity contribution is 6.34. The Morgan fingerprint density at radius 2 is 2.04 bits per heavy atom. The molecule has 26 heavy (non-hydrogen) atoms. The molecule has 134 valence electrons. The van der Waals surface area contributed by atoms with Gasteiger partial charge in [-0.1, -0.05) is 11.6 Å². The Morgan fingerprint density at radius 3 is 2.73 bits per heavy atom. The van der Waals surface area contributed by atoms with E-state index in [0.29, 0.717) is 24.6 Å². The van der Waals surface area contributed by atoms with Crippen molar-refractivity contribution in [2.24, 2.45) is 0 Å². The third kappa shape index (κ3) is 4.21. The summed E-state index contributed by atoms with van der Waals surface area (Å²) in [6, 6.07) is 9.55. The first kappa shape index (κ1) is 17.9. The first-order chi connectivity index (χ1) is 12.5. The lowest BCUT2D eigenvalue weighted by atomic mass is 10.1. The standard InChI is InChI=1S/C19H17ClFN3O2/c1-13-17(21)7-6-16(20)18(13)19(25)23-14-2-4-15(5-3-14)26-11-10-24-9-8-22-12-24/h2-9,12H,10-11H2,1H3,(H,23,25). The van der Waals surface area contributed by atoms with Gasteiger partial charge in [0.2, 0.25) is 0 Å². The van der Waals surface area contributed by atoms with Gasteiger partial charge in [0, 0.05) is 18.1 Å². The molecule has 2 aromatic carbocycles. The van der Waals surface area contributed by atoms with Crippen LogP contribution in [0.2, 0.25) is 5.02 Å². The number of carbonyl (C=O) groups excluding carboxylic acids is 1. The van der Waals surface area contributed by atoms with Crippen LogP contribution in [0.3, 0.4) is 0 Å². The molecule has 0 atom stereocenters. The average molecular weight is 374 g/mol. The van der Waals surface area contributed by atoms with E-state index >= 15 is 0 Å². The van der Waals surface area contributed by atoms with Crippen molar-refractivity contribution in [1.82, 2.24) is 9.55 Å². The molecule has 0 saturated heterocycles. The number of hydrogen-bond acceptors (Lipinski definition) is 3. The molecule has 1 heterocycles. The normalized spacial score (nSPS) is 10.6. The summed E-state index contributed by atoms with van der Waals surface area (Å²) in [4.78, 5) is 16.4. The van der Waals surface area contributed by atoms with Crippen LogP contribution in [0.25, 0.3) is 0 Å². The zero-order valence-corrected chi connectivity index (χ0v) is 14.8. The fraction of sp³-hybridized carbons (Fsp3) is 0.158. The number of imidazole rings is 1. The summed E-state index contributed by atoms with van der Waals surface area (Å²) in [5.74, 6) is -0.245. The Morgan fingerprint density at radius 1 is 1.27 bits per heavy atom. The first-order valence-corrected chi connectivity index (χ1v) is 8.37. The van der Waals surface area contributed by atoms with E-state index in [-0.39, 0.29) is 16.1 Å². The lowest BCUT2D eigenvalue weighted by molar-refractivity contribution is 0.102. The van der Waals surface area contributed by atoms with Gasteiger partial charge in [-0.15, -0.1) is 0 Å². The Balaban J connectivity index is 1.60. The van der Waals surface area contributed by atoms with Gasteiger partial charge in [-0.2, -0.15) is 0 Å². The topological polar surface area (TPSA) is 56.1 Å². The quantitative estimate of drug-likeness (QED) is 0.700. The molecular formula is C19H17ClFN3O2. The van der Waals surface area contributed by atoms with E-state index in [1.54, 1.807) is 36.8 Å². The lowest BCUT2D eigenvalue weighted by Crippen LogP contribution is -2.15. The Bertz CT molecular complexity index is 896. The molecule has 1 amide bonds. The summed E-state index contributed by atoms with van der Waals surface area (Å²) in [6.45, 7) is 2.71. The second-order valence-corrected chi connectivity index (χ2v) is 6.06. The van der Waals surface area contributed by atoms with E-state index in [1.165, 1.54) is 19.1 Å². The second-order valence-electron chi connectivity index (χ2n) is 5.66. The molecule has 0 unspecified atom stereocenters. The zero-order chi connectivity index (χ0) is 18.5. The van der Waals surface area contributed by atoms with E-state index in [0.717, 1.165) is 0 Å². The monoisotopic (exact) mass is 373 g/mol. The molecule has 0 fully saturated rings. The molecule has 0 saturated carbocycles. The fourth-order valence-electron chi connectivity index (χ4n) is 2.45. The number of rotatable bonds is 6. The first-order valence-electron chi connectivity index (χ1n) is 7.99. The minimum Gasteiger partial charge on any atom is -0.492 e. The number of anilines is 1. The summed E-state index contributed by atoms with van der Waals surface area (Å²) >= 11 is 6.03. The molecule has 0 spiro atoms. The zero-order valence-electron chi connectivity index (χ0n) is 14.1. The molecule has 5 nitrogen and oxygen atoms in total. The van der Waals surface area contributed by atoms with Crippen molar-refractivity contribution < 1.29 is 13.9 Å². The maximum absolute atomic E-state index is 13.7. The van der Waals surface area contributed by atoms with Crippen LogP contribution in [0.5, 0.6) is 5.75 Å². The van der Waals surface area contributed by atoms with E-state index in [9.17, 15) is 9.18 Å². The summed E-state index contributed by atoms with van der Waals surface area (Å²) in [7, 11) is 0. The Kier molecular flexibility index (Phi) is 5.53. The summed E-state index contributed by atoms with van der Waals surface area (Å²) in [5, 5.41) is 2.92. The second kappa shape index (κ2) is 8.01. The molecule has 3 rings (SSSR count). The minimum absolute atomic E-state index is 0.132. The van der Waals surface area contributed by atoms with Crippen LogP contribution in [-0.2, 0) is 6.54 Å². The molecule has 3 aromatic rings. The van der Waals surface area contributed by atoms with Crippen molar-refractivity contribution in [1.29, 1.82) is 0 Å². The van der Waals surface area contributed by atoms with Crippen LogP contribution in [0, 0.1) is 12.7 Å². The Hall–Kier alpha value is -2.86. The van der Waals surface area contributed by atoms with Gasteiger partial charge in [0.05, 0.1) is 23.5 Å². The van der Waals surface area contributed by atoms with Gasteiger partial charge in [-0.05, 0) is 48.9 Å². The number of hydrogen-bond donors (Lipinski definition) is 1. The maximum Gasteiger partial charge on any atom is 0.257 e. The van der Waals surface area contributed by atoms with Crippen LogP contribution < -0.4 is 10.1 Å². The van der Waals surface area contributed by atoms with Crippen molar-refractivity contribution in [2.45, 2.75) is 13.5 Å². The predicted molar refractivity (Wildman–Crippen MR) is 98.3 cm³/mol. The van der Waals surface area contributed by atoms with E-state index < -0.39 is 11.7 Å². The predicted octanol–water partition coefficient (Wildman–Crippen LogP) is 4.32. The highest BCUT2D eigenvalue weighted by Gasteiger charge is 2.16. The van der Waals surface area contributed by atoms with Crippen molar-refractivity contribution >= 4 is 23.2 Å². The molecule has 1 aromatic heterocycles. The van der Waals surface area contributed by atoms with Gasteiger partial charge in [-0.3, -0.25) is 4.79 Å². The highest BCUT2D eigenvalue weighted by Crippen LogP contribution is 2.24. The van der Waals surface area contributed by atoms with Crippen molar-refractivity contribution in [3.63, 3.8) is 0 Å².